The van der Waals surface area contributed by atoms with E-state index < -0.39 is 0 Å². The van der Waals surface area contributed by atoms with Gasteiger partial charge in [0.15, 0.2) is 0 Å². The molecule has 0 spiro atoms. The average Bonchev–Trinajstić information content (AvgIpc) is 2.79. The second-order valence-electron chi connectivity index (χ2n) is 7.36. The first kappa shape index (κ1) is 23.2. The Balaban J connectivity index is 1.73. The van der Waals surface area contributed by atoms with Crippen molar-refractivity contribution in [1.82, 2.24) is 5.32 Å². The highest BCUT2D eigenvalue weighted by atomic mass is 32.2. The molecule has 0 heterocycles. The molecule has 7 heteroatoms. The first-order chi connectivity index (χ1) is 15.5. The number of benzene rings is 3. The number of anilines is 3. The minimum Gasteiger partial charge on any atom is -0.497 e. The Hall–Kier alpha value is -3.45. The third-order valence-electron chi connectivity index (χ3n) is 4.48. The Morgan fingerprint density at radius 2 is 1.56 bits per heavy atom. The molecule has 0 aliphatic heterocycles. The van der Waals surface area contributed by atoms with E-state index in [1.54, 1.807) is 13.2 Å². The van der Waals surface area contributed by atoms with E-state index in [4.69, 9.17) is 4.74 Å². The molecule has 3 rings (SSSR count). The van der Waals surface area contributed by atoms with Crippen molar-refractivity contribution in [3.8, 4) is 5.75 Å². The Morgan fingerprint density at radius 3 is 2.25 bits per heavy atom. The molecular formula is C25H27N3O3S. The zero-order chi connectivity index (χ0) is 22.9. The summed E-state index contributed by atoms with van der Waals surface area (Å²) in [6, 6.07) is 22.4. The number of hydrogen-bond acceptors (Lipinski definition) is 5. The van der Waals surface area contributed by atoms with Crippen LogP contribution in [0.25, 0.3) is 0 Å². The monoisotopic (exact) mass is 449 g/mol. The zero-order valence-electron chi connectivity index (χ0n) is 18.3. The number of nitrogens with one attached hydrogen (secondary N) is 3. The fraction of sp³-hybridized carbons (Fsp3) is 0.200. The highest BCUT2D eigenvalue weighted by Gasteiger charge is 2.15. The van der Waals surface area contributed by atoms with E-state index in [1.165, 1.54) is 11.8 Å². The lowest BCUT2D eigenvalue weighted by Gasteiger charge is -2.15. The molecule has 0 radical (unpaired) electrons. The van der Waals surface area contributed by atoms with Crippen molar-refractivity contribution < 1.29 is 14.3 Å². The third kappa shape index (κ3) is 6.52. The highest BCUT2D eigenvalue weighted by molar-refractivity contribution is 8.00. The zero-order valence-corrected chi connectivity index (χ0v) is 19.2. The van der Waals surface area contributed by atoms with Crippen LogP contribution in [-0.2, 0) is 4.79 Å². The van der Waals surface area contributed by atoms with Gasteiger partial charge < -0.3 is 20.7 Å². The summed E-state index contributed by atoms with van der Waals surface area (Å²) in [7, 11) is 1.63. The van der Waals surface area contributed by atoms with Crippen LogP contribution in [0.1, 0.15) is 24.2 Å². The van der Waals surface area contributed by atoms with Crippen LogP contribution in [0.3, 0.4) is 0 Å². The molecule has 32 heavy (non-hydrogen) atoms. The van der Waals surface area contributed by atoms with Gasteiger partial charge in [-0.05, 0) is 62.4 Å². The van der Waals surface area contributed by atoms with Gasteiger partial charge in [-0.1, -0.05) is 24.3 Å². The summed E-state index contributed by atoms with van der Waals surface area (Å²) in [5, 5.41) is 9.18. The van der Waals surface area contributed by atoms with Crippen LogP contribution in [0.4, 0.5) is 17.1 Å². The summed E-state index contributed by atoms with van der Waals surface area (Å²) in [5.41, 5.74) is 2.83. The first-order valence-corrected chi connectivity index (χ1v) is 11.3. The predicted octanol–water partition coefficient (Wildman–Crippen LogP) is 5.31. The molecule has 0 fully saturated rings. The predicted molar refractivity (Wildman–Crippen MR) is 131 cm³/mol. The van der Waals surface area contributed by atoms with E-state index in [0.29, 0.717) is 11.3 Å². The number of para-hydroxylation sites is 2. The van der Waals surface area contributed by atoms with Crippen LogP contribution < -0.4 is 20.7 Å². The van der Waals surface area contributed by atoms with Crippen molar-refractivity contribution >= 4 is 40.6 Å². The smallest absolute Gasteiger partial charge is 0.256 e. The molecule has 0 saturated carbocycles. The molecule has 0 aromatic heterocycles. The van der Waals surface area contributed by atoms with Gasteiger partial charge in [-0.25, -0.2) is 0 Å². The van der Waals surface area contributed by atoms with Gasteiger partial charge >= 0.3 is 0 Å². The highest BCUT2D eigenvalue weighted by Crippen LogP contribution is 2.28. The first-order valence-electron chi connectivity index (χ1n) is 10.3. The van der Waals surface area contributed by atoms with Gasteiger partial charge in [0.25, 0.3) is 5.91 Å². The molecule has 6 nitrogen and oxygen atoms in total. The van der Waals surface area contributed by atoms with Gasteiger partial charge in [-0.3, -0.25) is 9.59 Å². The standard InChI is InChI=1S/C25H27N3O3S/c1-17(2)26-24(29)16-32-23-11-7-4-8-20(23)25(30)28-22-10-6-5-9-21(22)27-18-12-14-19(31-3)15-13-18/h4-15,17,27H,16H2,1-3H3,(H,26,29)(H,28,30). The third-order valence-corrected chi connectivity index (χ3v) is 5.56. The van der Waals surface area contributed by atoms with Crippen molar-refractivity contribution in [3.05, 3.63) is 78.4 Å². The summed E-state index contributed by atoms with van der Waals surface area (Å²) in [5.74, 6) is 0.724. The number of amides is 2. The molecule has 0 saturated heterocycles. The average molecular weight is 450 g/mol. The fourth-order valence-electron chi connectivity index (χ4n) is 3.01. The van der Waals surface area contributed by atoms with Crippen LogP contribution in [0, 0.1) is 0 Å². The van der Waals surface area contributed by atoms with Crippen molar-refractivity contribution in [3.63, 3.8) is 0 Å². The number of methoxy groups -OCH3 is 1. The van der Waals surface area contributed by atoms with Crippen molar-refractivity contribution in [2.75, 3.05) is 23.5 Å². The lowest BCUT2D eigenvalue weighted by atomic mass is 10.2. The normalized spacial score (nSPS) is 10.5. The fourth-order valence-corrected chi connectivity index (χ4v) is 3.87. The van der Waals surface area contributed by atoms with E-state index in [0.717, 1.165) is 22.0 Å². The minimum absolute atomic E-state index is 0.0609. The SMILES string of the molecule is COc1ccc(Nc2ccccc2NC(=O)c2ccccc2SCC(=O)NC(C)C)cc1. The molecule has 3 N–H and O–H groups in total. The lowest BCUT2D eigenvalue weighted by Crippen LogP contribution is -2.31. The van der Waals surface area contributed by atoms with Crippen molar-refractivity contribution in [2.24, 2.45) is 0 Å². The van der Waals surface area contributed by atoms with Crippen LogP contribution in [0.5, 0.6) is 5.75 Å². The second-order valence-corrected chi connectivity index (χ2v) is 8.38. The number of rotatable bonds is 9. The number of carbonyl (C=O) groups excluding carboxylic acids is 2. The van der Waals surface area contributed by atoms with Gasteiger partial charge in [-0.15, -0.1) is 11.8 Å². The van der Waals surface area contributed by atoms with E-state index in [-0.39, 0.29) is 23.6 Å². The number of ether oxygens (including phenoxy) is 1. The van der Waals surface area contributed by atoms with Gasteiger partial charge in [0.05, 0.1) is 29.8 Å². The summed E-state index contributed by atoms with van der Waals surface area (Å²) < 4.78 is 5.20. The second kappa shape index (κ2) is 11.2. The van der Waals surface area contributed by atoms with Crippen molar-refractivity contribution in [1.29, 1.82) is 0 Å². The quantitative estimate of drug-likeness (QED) is 0.386. The van der Waals surface area contributed by atoms with Gasteiger partial charge in [0, 0.05) is 16.6 Å². The van der Waals surface area contributed by atoms with Crippen LogP contribution in [-0.4, -0.2) is 30.7 Å². The molecule has 3 aromatic rings. The largest absolute Gasteiger partial charge is 0.497 e. The lowest BCUT2D eigenvalue weighted by molar-refractivity contribution is -0.119. The van der Waals surface area contributed by atoms with E-state index in [2.05, 4.69) is 16.0 Å². The van der Waals surface area contributed by atoms with Crippen LogP contribution >= 0.6 is 11.8 Å². The summed E-state index contributed by atoms with van der Waals surface area (Å²) in [6.45, 7) is 3.84. The Labute approximate surface area is 192 Å². The topological polar surface area (TPSA) is 79.5 Å². The molecule has 0 aliphatic carbocycles. The van der Waals surface area contributed by atoms with Gasteiger partial charge in [0.2, 0.25) is 5.91 Å². The molecule has 3 aromatic carbocycles. The molecule has 0 aliphatic rings. The Kier molecular flexibility index (Phi) is 8.16. The molecule has 0 bridgehead atoms. The van der Waals surface area contributed by atoms with Crippen molar-refractivity contribution in [2.45, 2.75) is 24.8 Å². The van der Waals surface area contributed by atoms with E-state index >= 15 is 0 Å². The molecular weight excluding hydrogens is 422 g/mol. The number of hydrogen-bond donors (Lipinski definition) is 3. The van der Waals surface area contributed by atoms with Crippen LogP contribution in [0.15, 0.2) is 77.7 Å². The number of carbonyl (C=O) groups is 2. The summed E-state index contributed by atoms with van der Waals surface area (Å²) in [6.07, 6.45) is 0. The number of thioether (sulfide) groups is 1. The molecule has 166 valence electrons. The maximum absolute atomic E-state index is 13.1. The summed E-state index contributed by atoms with van der Waals surface area (Å²) >= 11 is 1.35. The van der Waals surface area contributed by atoms with Gasteiger partial charge in [-0.2, -0.15) is 0 Å². The molecule has 2 amide bonds. The maximum atomic E-state index is 13.1. The molecule has 0 unspecified atom stereocenters. The van der Waals surface area contributed by atoms with Gasteiger partial charge in [0.1, 0.15) is 5.75 Å². The minimum atomic E-state index is -0.235. The maximum Gasteiger partial charge on any atom is 0.256 e. The Bertz CT molecular complexity index is 1070. The summed E-state index contributed by atoms with van der Waals surface area (Å²) in [4.78, 5) is 25.8. The Morgan fingerprint density at radius 1 is 0.906 bits per heavy atom. The van der Waals surface area contributed by atoms with E-state index in [1.807, 2.05) is 80.6 Å². The molecule has 0 atom stereocenters. The van der Waals surface area contributed by atoms with Crippen LogP contribution in [0.2, 0.25) is 0 Å². The van der Waals surface area contributed by atoms with E-state index in [9.17, 15) is 9.59 Å².